The van der Waals surface area contributed by atoms with Crippen LogP contribution in [0, 0.1) is 0 Å². The van der Waals surface area contributed by atoms with Gasteiger partial charge < -0.3 is 9.67 Å². The fourth-order valence-electron chi connectivity index (χ4n) is 1.89. The molecule has 0 aromatic carbocycles. The first kappa shape index (κ1) is 13.5. The SMILES string of the molecule is CCCn1c(C(C)C)ccc(CC(=O)O)c1=O. The van der Waals surface area contributed by atoms with Crippen molar-refractivity contribution in [3.05, 3.63) is 33.7 Å². The Morgan fingerprint density at radius 1 is 1.41 bits per heavy atom. The summed E-state index contributed by atoms with van der Waals surface area (Å²) in [6, 6.07) is 3.50. The Kier molecular flexibility index (Phi) is 4.49. The Balaban J connectivity index is 3.28. The van der Waals surface area contributed by atoms with Gasteiger partial charge in [0.25, 0.3) is 5.56 Å². The average Bonchev–Trinajstić information content (AvgIpc) is 2.23. The van der Waals surface area contributed by atoms with Crippen molar-refractivity contribution in [1.82, 2.24) is 4.57 Å². The second-order valence-electron chi connectivity index (χ2n) is 4.47. The number of aromatic nitrogens is 1. The monoisotopic (exact) mass is 237 g/mol. The summed E-state index contributed by atoms with van der Waals surface area (Å²) in [5.41, 5.74) is 1.15. The van der Waals surface area contributed by atoms with Crippen molar-refractivity contribution in [3.63, 3.8) is 0 Å². The molecule has 0 aliphatic rings. The number of carboxylic acid groups (broad SMARTS) is 1. The molecule has 4 heteroatoms. The number of aliphatic carboxylic acids is 1. The van der Waals surface area contributed by atoms with E-state index in [0.29, 0.717) is 12.1 Å². The number of pyridine rings is 1. The summed E-state index contributed by atoms with van der Waals surface area (Å²) in [5.74, 6) is -0.712. The smallest absolute Gasteiger partial charge is 0.308 e. The van der Waals surface area contributed by atoms with Crippen LogP contribution >= 0.6 is 0 Å². The lowest BCUT2D eigenvalue weighted by Gasteiger charge is -2.16. The molecule has 0 radical (unpaired) electrons. The molecule has 0 spiro atoms. The van der Waals surface area contributed by atoms with Crippen LogP contribution < -0.4 is 5.56 Å². The molecule has 0 unspecified atom stereocenters. The molecular weight excluding hydrogens is 218 g/mol. The Labute approximate surface area is 101 Å². The van der Waals surface area contributed by atoms with E-state index in [0.717, 1.165) is 12.1 Å². The van der Waals surface area contributed by atoms with E-state index in [4.69, 9.17) is 5.11 Å². The molecule has 0 saturated carbocycles. The predicted octanol–water partition coefficient (Wildman–Crippen LogP) is 2.01. The zero-order valence-electron chi connectivity index (χ0n) is 10.6. The first-order valence-electron chi connectivity index (χ1n) is 5.91. The molecule has 94 valence electrons. The quantitative estimate of drug-likeness (QED) is 0.852. The van der Waals surface area contributed by atoms with Crippen molar-refractivity contribution in [2.45, 2.75) is 46.1 Å². The van der Waals surface area contributed by atoms with E-state index in [2.05, 4.69) is 0 Å². The van der Waals surface area contributed by atoms with Crippen LogP contribution in [0.3, 0.4) is 0 Å². The average molecular weight is 237 g/mol. The minimum absolute atomic E-state index is 0.166. The molecule has 0 saturated heterocycles. The van der Waals surface area contributed by atoms with Gasteiger partial charge in [-0.1, -0.05) is 26.8 Å². The first-order chi connectivity index (χ1) is 7.97. The largest absolute Gasteiger partial charge is 0.481 e. The molecule has 0 bridgehead atoms. The fraction of sp³-hybridized carbons (Fsp3) is 0.538. The lowest BCUT2D eigenvalue weighted by atomic mass is 10.1. The minimum atomic E-state index is -0.970. The maximum atomic E-state index is 12.1. The predicted molar refractivity (Wildman–Crippen MR) is 66.4 cm³/mol. The number of hydrogen-bond acceptors (Lipinski definition) is 2. The van der Waals surface area contributed by atoms with Gasteiger partial charge in [-0.25, -0.2) is 0 Å². The maximum absolute atomic E-state index is 12.1. The number of carbonyl (C=O) groups is 1. The molecule has 1 aromatic rings. The molecule has 1 aromatic heterocycles. The summed E-state index contributed by atoms with van der Waals surface area (Å²) in [6.45, 7) is 6.69. The Morgan fingerprint density at radius 3 is 2.53 bits per heavy atom. The van der Waals surface area contributed by atoms with Crippen LogP contribution in [0.15, 0.2) is 16.9 Å². The summed E-state index contributed by atoms with van der Waals surface area (Å²) in [4.78, 5) is 22.8. The van der Waals surface area contributed by atoms with Gasteiger partial charge in [-0.2, -0.15) is 0 Å². The highest BCUT2D eigenvalue weighted by Gasteiger charge is 2.12. The van der Waals surface area contributed by atoms with Gasteiger partial charge in [-0.15, -0.1) is 0 Å². The van der Waals surface area contributed by atoms with Crippen LogP contribution in [0.25, 0.3) is 0 Å². The fourth-order valence-corrected chi connectivity index (χ4v) is 1.89. The van der Waals surface area contributed by atoms with E-state index < -0.39 is 5.97 Å². The Bertz CT molecular complexity index is 460. The summed E-state index contributed by atoms with van der Waals surface area (Å²) in [6.07, 6.45) is 0.650. The lowest BCUT2D eigenvalue weighted by Crippen LogP contribution is -2.28. The van der Waals surface area contributed by atoms with Crippen molar-refractivity contribution >= 4 is 5.97 Å². The van der Waals surface area contributed by atoms with Crippen LogP contribution in [0.5, 0.6) is 0 Å². The molecule has 1 N–H and O–H groups in total. The highest BCUT2D eigenvalue weighted by molar-refractivity contribution is 5.69. The van der Waals surface area contributed by atoms with Crippen LogP contribution in [-0.2, 0) is 17.8 Å². The van der Waals surface area contributed by atoms with Gasteiger partial charge >= 0.3 is 5.97 Å². The Hall–Kier alpha value is -1.58. The van der Waals surface area contributed by atoms with Crippen molar-refractivity contribution in [2.24, 2.45) is 0 Å². The van der Waals surface area contributed by atoms with Crippen LogP contribution in [0.1, 0.15) is 44.4 Å². The van der Waals surface area contributed by atoms with Crippen LogP contribution in [-0.4, -0.2) is 15.6 Å². The topological polar surface area (TPSA) is 59.3 Å². The third kappa shape index (κ3) is 3.19. The summed E-state index contributed by atoms with van der Waals surface area (Å²) < 4.78 is 1.70. The number of nitrogens with zero attached hydrogens (tertiary/aromatic N) is 1. The molecule has 1 heterocycles. The van der Waals surface area contributed by atoms with Gasteiger partial charge in [-0.3, -0.25) is 9.59 Å². The van der Waals surface area contributed by atoms with E-state index in [-0.39, 0.29) is 17.9 Å². The van der Waals surface area contributed by atoms with E-state index >= 15 is 0 Å². The van der Waals surface area contributed by atoms with Crippen molar-refractivity contribution in [3.8, 4) is 0 Å². The highest BCUT2D eigenvalue weighted by Crippen LogP contribution is 2.13. The van der Waals surface area contributed by atoms with Gasteiger partial charge in [0.15, 0.2) is 0 Å². The standard InChI is InChI=1S/C13H19NO3/c1-4-7-14-11(9(2)3)6-5-10(13(14)17)8-12(15)16/h5-6,9H,4,7-8H2,1-3H3,(H,15,16). The van der Waals surface area contributed by atoms with Crippen LogP contribution in [0.4, 0.5) is 0 Å². The molecule has 17 heavy (non-hydrogen) atoms. The maximum Gasteiger partial charge on any atom is 0.308 e. The zero-order chi connectivity index (χ0) is 13.0. The third-order valence-electron chi connectivity index (χ3n) is 2.67. The summed E-state index contributed by atoms with van der Waals surface area (Å²) >= 11 is 0. The first-order valence-corrected chi connectivity index (χ1v) is 5.91. The van der Waals surface area contributed by atoms with E-state index in [1.54, 1.807) is 10.6 Å². The van der Waals surface area contributed by atoms with Crippen molar-refractivity contribution in [2.75, 3.05) is 0 Å². The van der Waals surface area contributed by atoms with Crippen LogP contribution in [0.2, 0.25) is 0 Å². The van der Waals surface area contributed by atoms with Gasteiger partial charge in [0.2, 0.25) is 0 Å². The minimum Gasteiger partial charge on any atom is -0.481 e. The second-order valence-corrected chi connectivity index (χ2v) is 4.47. The molecule has 1 rings (SSSR count). The van der Waals surface area contributed by atoms with Crippen molar-refractivity contribution < 1.29 is 9.90 Å². The number of rotatable bonds is 5. The highest BCUT2D eigenvalue weighted by atomic mass is 16.4. The molecule has 0 fully saturated rings. The molecule has 0 atom stereocenters. The normalized spacial score (nSPS) is 10.8. The molecule has 0 aliphatic heterocycles. The van der Waals surface area contributed by atoms with Gasteiger partial charge in [0.05, 0.1) is 6.42 Å². The van der Waals surface area contributed by atoms with E-state index in [1.807, 2.05) is 26.8 Å². The summed E-state index contributed by atoms with van der Waals surface area (Å²) in [5, 5.41) is 8.74. The molecule has 0 amide bonds. The van der Waals surface area contributed by atoms with Gasteiger partial charge in [0, 0.05) is 17.8 Å². The molecular formula is C13H19NO3. The third-order valence-corrected chi connectivity index (χ3v) is 2.67. The zero-order valence-corrected chi connectivity index (χ0v) is 10.6. The number of hydrogen-bond donors (Lipinski definition) is 1. The molecule has 0 aliphatic carbocycles. The van der Waals surface area contributed by atoms with Crippen molar-refractivity contribution in [1.29, 1.82) is 0 Å². The van der Waals surface area contributed by atoms with Gasteiger partial charge in [0.1, 0.15) is 0 Å². The Morgan fingerprint density at radius 2 is 2.06 bits per heavy atom. The van der Waals surface area contributed by atoms with E-state index in [9.17, 15) is 9.59 Å². The number of carboxylic acids is 1. The summed E-state index contributed by atoms with van der Waals surface area (Å²) in [7, 11) is 0. The van der Waals surface area contributed by atoms with E-state index in [1.165, 1.54) is 0 Å². The van der Waals surface area contributed by atoms with Gasteiger partial charge in [-0.05, 0) is 18.4 Å². The second kappa shape index (κ2) is 5.66. The molecule has 4 nitrogen and oxygen atoms in total. The lowest BCUT2D eigenvalue weighted by molar-refractivity contribution is -0.136.